The fourth-order valence-corrected chi connectivity index (χ4v) is 1.99. The van der Waals surface area contributed by atoms with Crippen LogP contribution in [-0.2, 0) is 0 Å². The normalized spacial score (nSPS) is 11.0. The first-order chi connectivity index (χ1) is 7.58. The molecule has 4 heteroatoms. The van der Waals surface area contributed by atoms with Crippen molar-refractivity contribution in [2.24, 2.45) is 0 Å². The Hall–Kier alpha value is -1.29. The highest BCUT2D eigenvalue weighted by Gasteiger charge is 2.12. The van der Waals surface area contributed by atoms with Crippen LogP contribution < -0.4 is 5.32 Å². The van der Waals surface area contributed by atoms with Crippen LogP contribution >= 0.6 is 15.9 Å². The van der Waals surface area contributed by atoms with E-state index in [2.05, 4.69) is 26.2 Å². The molecule has 1 aromatic carbocycles. The molecular weight excluding hydrogens is 268 g/mol. The zero-order valence-electron chi connectivity index (χ0n) is 9.17. The molecule has 0 aliphatic rings. The van der Waals surface area contributed by atoms with E-state index in [-0.39, 0.29) is 11.9 Å². The highest BCUT2D eigenvalue weighted by atomic mass is 79.9. The molecule has 0 spiro atoms. The average Bonchev–Trinajstić information content (AvgIpc) is 2.59. The third-order valence-electron chi connectivity index (χ3n) is 2.31. The molecule has 2 rings (SSSR count). The number of fused-ring (bicyclic) bond motifs is 1. The Morgan fingerprint density at radius 3 is 2.88 bits per heavy atom. The number of halogens is 1. The molecule has 0 unspecified atom stereocenters. The Balaban J connectivity index is 2.42. The first kappa shape index (κ1) is 11.2. The van der Waals surface area contributed by atoms with Crippen LogP contribution in [0.5, 0.6) is 0 Å². The van der Waals surface area contributed by atoms with E-state index in [1.165, 1.54) is 0 Å². The van der Waals surface area contributed by atoms with E-state index in [9.17, 15) is 4.79 Å². The molecule has 0 saturated heterocycles. The fourth-order valence-electron chi connectivity index (χ4n) is 1.63. The number of hydrogen-bond donors (Lipinski definition) is 2. The predicted octanol–water partition coefficient (Wildman–Crippen LogP) is 3.07. The van der Waals surface area contributed by atoms with Crippen molar-refractivity contribution in [3.63, 3.8) is 0 Å². The van der Waals surface area contributed by atoms with Gasteiger partial charge in [0, 0.05) is 27.6 Å². The van der Waals surface area contributed by atoms with E-state index >= 15 is 0 Å². The van der Waals surface area contributed by atoms with Gasteiger partial charge in [-0.15, -0.1) is 0 Å². The van der Waals surface area contributed by atoms with Gasteiger partial charge in [-0.05, 0) is 26.0 Å². The quantitative estimate of drug-likeness (QED) is 0.873. The van der Waals surface area contributed by atoms with Crippen LogP contribution in [0.4, 0.5) is 0 Å². The highest BCUT2D eigenvalue weighted by Crippen LogP contribution is 2.22. The van der Waals surface area contributed by atoms with Crippen LogP contribution in [0.25, 0.3) is 10.9 Å². The molecular formula is C12H13BrN2O. The van der Waals surface area contributed by atoms with Crippen LogP contribution in [0.2, 0.25) is 0 Å². The summed E-state index contributed by atoms with van der Waals surface area (Å²) in [7, 11) is 0. The SMILES string of the molecule is CC(C)NC(=O)c1c[nH]c2cc(Br)ccc12. The lowest BCUT2D eigenvalue weighted by atomic mass is 10.1. The van der Waals surface area contributed by atoms with E-state index in [0.717, 1.165) is 15.4 Å². The molecule has 2 aromatic rings. The average molecular weight is 281 g/mol. The highest BCUT2D eigenvalue weighted by molar-refractivity contribution is 9.10. The van der Waals surface area contributed by atoms with Crippen molar-refractivity contribution in [3.05, 3.63) is 34.4 Å². The third kappa shape index (κ3) is 2.11. The van der Waals surface area contributed by atoms with Crippen LogP contribution in [0.3, 0.4) is 0 Å². The Labute approximate surface area is 102 Å². The molecule has 2 N–H and O–H groups in total. The van der Waals surface area contributed by atoms with Gasteiger partial charge in [0.05, 0.1) is 5.56 Å². The number of amides is 1. The molecule has 84 valence electrons. The van der Waals surface area contributed by atoms with Crippen LogP contribution in [0, 0.1) is 0 Å². The van der Waals surface area contributed by atoms with Crippen molar-refractivity contribution in [1.82, 2.24) is 10.3 Å². The minimum absolute atomic E-state index is 0.0384. The van der Waals surface area contributed by atoms with Gasteiger partial charge >= 0.3 is 0 Å². The first-order valence-corrected chi connectivity index (χ1v) is 5.94. The molecule has 0 fully saturated rings. The van der Waals surface area contributed by atoms with E-state index in [1.54, 1.807) is 6.20 Å². The molecule has 3 nitrogen and oxygen atoms in total. The number of carbonyl (C=O) groups excluding carboxylic acids is 1. The number of H-pyrrole nitrogens is 1. The van der Waals surface area contributed by atoms with Crippen molar-refractivity contribution >= 4 is 32.7 Å². The summed E-state index contributed by atoms with van der Waals surface area (Å²) in [5, 5.41) is 3.83. The molecule has 0 aliphatic carbocycles. The summed E-state index contributed by atoms with van der Waals surface area (Å²) in [5.74, 6) is -0.0384. The van der Waals surface area contributed by atoms with Gasteiger partial charge in [-0.25, -0.2) is 0 Å². The standard InChI is InChI=1S/C12H13BrN2O/c1-7(2)15-12(16)10-6-14-11-5-8(13)3-4-9(10)11/h3-7,14H,1-2H3,(H,15,16). The van der Waals surface area contributed by atoms with E-state index in [1.807, 2.05) is 32.0 Å². The van der Waals surface area contributed by atoms with Gasteiger partial charge in [0.2, 0.25) is 0 Å². The Morgan fingerprint density at radius 2 is 2.19 bits per heavy atom. The minimum atomic E-state index is -0.0384. The summed E-state index contributed by atoms with van der Waals surface area (Å²) in [5.41, 5.74) is 1.65. The Morgan fingerprint density at radius 1 is 1.44 bits per heavy atom. The van der Waals surface area contributed by atoms with Crippen LogP contribution in [0.1, 0.15) is 24.2 Å². The maximum Gasteiger partial charge on any atom is 0.253 e. The lowest BCUT2D eigenvalue weighted by molar-refractivity contribution is 0.0945. The summed E-state index contributed by atoms with van der Waals surface area (Å²) in [4.78, 5) is 15.0. The number of rotatable bonds is 2. The van der Waals surface area contributed by atoms with Crippen LogP contribution in [0.15, 0.2) is 28.9 Å². The van der Waals surface area contributed by atoms with Gasteiger partial charge in [0.15, 0.2) is 0 Å². The lowest BCUT2D eigenvalue weighted by Gasteiger charge is -2.06. The number of benzene rings is 1. The molecule has 0 atom stereocenters. The van der Waals surface area contributed by atoms with E-state index in [0.29, 0.717) is 5.56 Å². The van der Waals surface area contributed by atoms with Gasteiger partial charge in [-0.1, -0.05) is 22.0 Å². The number of hydrogen-bond acceptors (Lipinski definition) is 1. The third-order valence-corrected chi connectivity index (χ3v) is 2.80. The van der Waals surface area contributed by atoms with Gasteiger partial charge < -0.3 is 10.3 Å². The minimum Gasteiger partial charge on any atom is -0.360 e. The smallest absolute Gasteiger partial charge is 0.253 e. The summed E-state index contributed by atoms with van der Waals surface area (Å²) < 4.78 is 0.998. The Bertz CT molecular complexity index is 531. The molecule has 1 heterocycles. The van der Waals surface area contributed by atoms with E-state index in [4.69, 9.17) is 0 Å². The van der Waals surface area contributed by atoms with Crippen molar-refractivity contribution < 1.29 is 4.79 Å². The number of aromatic amines is 1. The molecule has 1 aromatic heterocycles. The van der Waals surface area contributed by atoms with Crippen LogP contribution in [-0.4, -0.2) is 16.9 Å². The second-order valence-corrected chi connectivity index (χ2v) is 4.94. The van der Waals surface area contributed by atoms with Crippen molar-refractivity contribution in [2.45, 2.75) is 19.9 Å². The molecule has 0 radical (unpaired) electrons. The summed E-state index contributed by atoms with van der Waals surface area (Å²) in [6.45, 7) is 3.90. The largest absolute Gasteiger partial charge is 0.360 e. The predicted molar refractivity (Wildman–Crippen MR) is 68.6 cm³/mol. The number of aromatic nitrogens is 1. The lowest BCUT2D eigenvalue weighted by Crippen LogP contribution is -2.29. The zero-order chi connectivity index (χ0) is 11.7. The molecule has 16 heavy (non-hydrogen) atoms. The molecule has 0 bridgehead atoms. The van der Waals surface area contributed by atoms with Gasteiger partial charge in [0.1, 0.15) is 0 Å². The molecule has 0 saturated carbocycles. The zero-order valence-corrected chi connectivity index (χ0v) is 10.8. The van der Waals surface area contributed by atoms with Crippen molar-refractivity contribution in [2.75, 3.05) is 0 Å². The second-order valence-electron chi connectivity index (χ2n) is 4.02. The Kier molecular flexibility index (Phi) is 3.01. The van der Waals surface area contributed by atoms with Gasteiger partial charge in [0.25, 0.3) is 5.91 Å². The summed E-state index contributed by atoms with van der Waals surface area (Å²) in [6, 6.07) is 5.97. The maximum atomic E-state index is 11.9. The molecule has 0 aliphatic heterocycles. The fraction of sp³-hybridized carbons (Fsp3) is 0.250. The van der Waals surface area contributed by atoms with Crippen molar-refractivity contribution in [1.29, 1.82) is 0 Å². The summed E-state index contributed by atoms with van der Waals surface area (Å²) in [6.07, 6.45) is 1.74. The maximum absolute atomic E-state index is 11.9. The van der Waals surface area contributed by atoms with E-state index < -0.39 is 0 Å². The number of nitrogens with one attached hydrogen (secondary N) is 2. The van der Waals surface area contributed by atoms with Crippen molar-refractivity contribution in [3.8, 4) is 0 Å². The summed E-state index contributed by atoms with van der Waals surface area (Å²) >= 11 is 3.40. The number of carbonyl (C=O) groups is 1. The second kappa shape index (κ2) is 4.29. The monoisotopic (exact) mass is 280 g/mol. The van der Waals surface area contributed by atoms with Gasteiger partial charge in [-0.3, -0.25) is 4.79 Å². The molecule has 1 amide bonds. The van der Waals surface area contributed by atoms with Gasteiger partial charge in [-0.2, -0.15) is 0 Å². The first-order valence-electron chi connectivity index (χ1n) is 5.15. The topological polar surface area (TPSA) is 44.9 Å².